The summed E-state index contributed by atoms with van der Waals surface area (Å²) >= 11 is 0. The highest BCUT2D eigenvalue weighted by Gasteiger charge is 2.35. The number of hydrogen-bond donors (Lipinski definition) is 1. The first-order valence-electron chi connectivity index (χ1n) is 6.45. The maximum atomic E-state index is 9.26. The third-order valence-corrected chi connectivity index (χ3v) is 3.86. The molecule has 1 aliphatic rings. The Morgan fingerprint density at radius 1 is 1.41 bits per heavy atom. The zero-order valence-electron chi connectivity index (χ0n) is 11.3. The molecule has 1 aliphatic heterocycles. The molecule has 0 amide bonds. The summed E-state index contributed by atoms with van der Waals surface area (Å²) < 4.78 is 0. The van der Waals surface area contributed by atoms with Gasteiger partial charge in [0, 0.05) is 17.8 Å². The number of aryl methyl sites for hydroxylation is 1. The number of anilines is 1. The van der Waals surface area contributed by atoms with Crippen LogP contribution in [0.2, 0.25) is 0 Å². The lowest BCUT2D eigenvalue weighted by Gasteiger charge is -2.47. The maximum absolute atomic E-state index is 9.26. The summed E-state index contributed by atoms with van der Waals surface area (Å²) in [4.78, 5) is 2.35. The molecule has 0 bridgehead atoms. The summed E-state index contributed by atoms with van der Waals surface area (Å²) in [7, 11) is 0. The van der Waals surface area contributed by atoms with E-state index in [1.807, 2.05) is 0 Å². The van der Waals surface area contributed by atoms with Gasteiger partial charge < -0.3 is 10.0 Å². The van der Waals surface area contributed by atoms with Crippen LogP contribution in [0.1, 0.15) is 44.2 Å². The molecule has 17 heavy (non-hydrogen) atoms. The molecule has 94 valence electrons. The van der Waals surface area contributed by atoms with Gasteiger partial charge in [-0.2, -0.15) is 0 Å². The average Bonchev–Trinajstić information content (AvgIpc) is 2.24. The van der Waals surface area contributed by atoms with Crippen molar-refractivity contribution in [3.63, 3.8) is 0 Å². The van der Waals surface area contributed by atoms with E-state index in [9.17, 15) is 5.11 Å². The van der Waals surface area contributed by atoms with Crippen molar-refractivity contribution in [2.24, 2.45) is 0 Å². The van der Waals surface area contributed by atoms with Crippen LogP contribution in [0.5, 0.6) is 0 Å². The lowest BCUT2D eigenvalue weighted by Crippen LogP contribution is -2.49. The molecule has 1 aromatic rings. The quantitative estimate of drug-likeness (QED) is 0.848. The van der Waals surface area contributed by atoms with Crippen LogP contribution in [0.3, 0.4) is 0 Å². The molecule has 0 radical (unpaired) electrons. The van der Waals surface area contributed by atoms with E-state index < -0.39 is 0 Å². The van der Waals surface area contributed by atoms with Crippen LogP contribution in [0.25, 0.3) is 0 Å². The number of rotatable bonds is 2. The zero-order chi connectivity index (χ0) is 12.6. The molecule has 0 aromatic heterocycles. The van der Waals surface area contributed by atoms with Crippen molar-refractivity contribution in [3.8, 4) is 0 Å². The smallest absolute Gasteiger partial charge is 0.0606 e. The van der Waals surface area contributed by atoms with Crippen LogP contribution in [0, 0.1) is 6.92 Å². The summed E-state index contributed by atoms with van der Waals surface area (Å²) in [6, 6.07) is 6.66. The van der Waals surface area contributed by atoms with Crippen molar-refractivity contribution in [1.82, 2.24) is 0 Å². The highest BCUT2D eigenvalue weighted by atomic mass is 16.3. The highest BCUT2D eigenvalue weighted by Crippen LogP contribution is 2.43. The standard InChI is InChI=1S/C15H23NO/c1-11-5-6-14-13(9-11)12(2)10-15(3,4)16(14)7-8-17/h5-6,9,12,17H,7-8,10H2,1-4H3. The van der Waals surface area contributed by atoms with Gasteiger partial charge in [-0.3, -0.25) is 0 Å². The highest BCUT2D eigenvalue weighted by molar-refractivity contribution is 5.60. The van der Waals surface area contributed by atoms with Crippen molar-refractivity contribution < 1.29 is 5.11 Å². The van der Waals surface area contributed by atoms with Gasteiger partial charge in [-0.25, -0.2) is 0 Å². The number of benzene rings is 1. The first kappa shape index (κ1) is 12.4. The summed E-state index contributed by atoms with van der Waals surface area (Å²) in [5.74, 6) is 0.592. The van der Waals surface area contributed by atoms with E-state index >= 15 is 0 Å². The molecule has 0 spiro atoms. The van der Waals surface area contributed by atoms with Crippen LogP contribution in [0.4, 0.5) is 5.69 Å². The predicted octanol–water partition coefficient (Wildman–Crippen LogP) is 3.08. The molecule has 1 unspecified atom stereocenters. The Kier molecular flexibility index (Phi) is 3.17. The number of aliphatic hydroxyl groups excluding tert-OH is 1. The second-order valence-electron chi connectivity index (χ2n) is 5.86. The van der Waals surface area contributed by atoms with Crippen molar-refractivity contribution in [1.29, 1.82) is 0 Å². The Morgan fingerprint density at radius 3 is 2.76 bits per heavy atom. The number of β-amino-alcohol motifs (C(OH)–C–C–N with tert-alkyl or cyclic N) is 1. The number of hydrogen-bond acceptors (Lipinski definition) is 2. The largest absolute Gasteiger partial charge is 0.395 e. The van der Waals surface area contributed by atoms with Crippen LogP contribution in [0.15, 0.2) is 18.2 Å². The Labute approximate surface area is 104 Å². The lowest BCUT2D eigenvalue weighted by atomic mass is 9.79. The summed E-state index contributed by atoms with van der Waals surface area (Å²) in [6.45, 7) is 9.91. The minimum atomic E-state index is 0.129. The Bertz CT molecular complexity index is 411. The van der Waals surface area contributed by atoms with Crippen LogP contribution >= 0.6 is 0 Å². The fourth-order valence-corrected chi connectivity index (χ4v) is 3.13. The third kappa shape index (κ3) is 2.19. The minimum Gasteiger partial charge on any atom is -0.395 e. The molecule has 0 aliphatic carbocycles. The van der Waals surface area contributed by atoms with Gasteiger partial charge in [0.1, 0.15) is 0 Å². The zero-order valence-corrected chi connectivity index (χ0v) is 11.3. The van der Waals surface area contributed by atoms with E-state index in [1.165, 1.54) is 16.8 Å². The molecule has 1 aromatic carbocycles. The summed E-state index contributed by atoms with van der Waals surface area (Å²) in [6.07, 6.45) is 1.14. The second-order valence-corrected chi connectivity index (χ2v) is 5.86. The summed E-state index contributed by atoms with van der Waals surface area (Å²) in [5, 5.41) is 9.26. The van der Waals surface area contributed by atoms with E-state index in [1.54, 1.807) is 0 Å². The summed E-state index contributed by atoms with van der Waals surface area (Å²) in [5.41, 5.74) is 4.18. The van der Waals surface area contributed by atoms with Crippen molar-refractivity contribution >= 4 is 5.69 Å². The Hall–Kier alpha value is -1.02. The van der Waals surface area contributed by atoms with Crippen molar-refractivity contribution in [3.05, 3.63) is 29.3 Å². The maximum Gasteiger partial charge on any atom is 0.0606 e. The van der Waals surface area contributed by atoms with Crippen LogP contribution in [-0.4, -0.2) is 23.8 Å². The molecule has 1 heterocycles. The average molecular weight is 233 g/mol. The topological polar surface area (TPSA) is 23.5 Å². The molecule has 0 fully saturated rings. The van der Waals surface area contributed by atoms with E-state index in [-0.39, 0.29) is 12.1 Å². The molecular formula is C15H23NO. The van der Waals surface area contributed by atoms with E-state index in [4.69, 9.17) is 0 Å². The molecule has 1 N–H and O–H groups in total. The number of aliphatic hydroxyl groups is 1. The molecule has 2 nitrogen and oxygen atoms in total. The van der Waals surface area contributed by atoms with Gasteiger partial charge in [0.2, 0.25) is 0 Å². The monoisotopic (exact) mass is 233 g/mol. The van der Waals surface area contributed by atoms with E-state index in [0.29, 0.717) is 5.92 Å². The van der Waals surface area contributed by atoms with Gasteiger partial charge >= 0.3 is 0 Å². The molecule has 2 rings (SSSR count). The first-order valence-corrected chi connectivity index (χ1v) is 6.45. The van der Waals surface area contributed by atoms with Crippen LogP contribution < -0.4 is 4.90 Å². The minimum absolute atomic E-state index is 0.129. The normalized spacial score (nSPS) is 22.4. The van der Waals surface area contributed by atoms with Crippen LogP contribution in [-0.2, 0) is 0 Å². The Morgan fingerprint density at radius 2 is 2.12 bits per heavy atom. The van der Waals surface area contributed by atoms with Crippen molar-refractivity contribution in [2.75, 3.05) is 18.1 Å². The SMILES string of the molecule is Cc1ccc2c(c1)C(C)CC(C)(C)N2CCO. The number of nitrogens with zero attached hydrogens (tertiary/aromatic N) is 1. The third-order valence-electron chi connectivity index (χ3n) is 3.86. The van der Waals surface area contributed by atoms with Gasteiger partial charge in [-0.15, -0.1) is 0 Å². The predicted molar refractivity (Wildman–Crippen MR) is 72.7 cm³/mol. The second kappa shape index (κ2) is 4.34. The van der Waals surface area contributed by atoms with E-state index in [0.717, 1.165) is 13.0 Å². The molecule has 0 saturated carbocycles. The fourth-order valence-electron chi connectivity index (χ4n) is 3.13. The number of fused-ring (bicyclic) bond motifs is 1. The van der Waals surface area contributed by atoms with Crippen molar-refractivity contribution in [2.45, 2.75) is 45.6 Å². The fraction of sp³-hybridized carbons (Fsp3) is 0.600. The van der Waals surface area contributed by atoms with E-state index in [2.05, 4.69) is 50.8 Å². The molecular weight excluding hydrogens is 210 g/mol. The Balaban J connectivity index is 2.49. The molecule has 0 saturated heterocycles. The van der Waals surface area contributed by atoms with Gasteiger partial charge in [0.05, 0.1) is 6.61 Å². The van der Waals surface area contributed by atoms with Gasteiger partial charge in [-0.05, 0) is 44.7 Å². The first-order chi connectivity index (χ1) is 7.95. The molecule has 2 heteroatoms. The molecule has 1 atom stereocenters. The van der Waals surface area contributed by atoms with Gasteiger partial charge in [0.15, 0.2) is 0 Å². The lowest BCUT2D eigenvalue weighted by molar-refractivity contribution is 0.277. The van der Waals surface area contributed by atoms with Gasteiger partial charge in [0.25, 0.3) is 0 Å². The van der Waals surface area contributed by atoms with Gasteiger partial charge in [-0.1, -0.05) is 24.6 Å².